The number of fused-ring (bicyclic) bond motifs is 2. The van der Waals surface area contributed by atoms with E-state index in [-0.39, 0.29) is 28.7 Å². The van der Waals surface area contributed by atoms with Crippen molar-refractivity contribution in [3.63, 3.8) is 0 Å². The molecule has 0 unspecified atom stereocenters. The molecule has 1 N–H and O–H groups in total. The molecular formula is C19H18NO7-. The highest BCUT2D eigenvalue weighted by Crippen LogP contribution is 2.48. The quantitative estimate of drug-likeness (QED) is 0.586. The number of allylic oxidation sites excluding steroid dienone is 2. The Hall–Kier alpha value is -3.16. The number of aliphatic carboxylic acids is 1. The van der Waals surface area contributed by atoms with E-state index in [2.05, 4.69) is 14.8 Å². The van der Waals surface area contributed by atoms with Gasteiger partial charge in [-0.05, 0) is 36.5 Å². The highest BCUT2D eigenvalue weighted by Gasteiger charge is 2.48. The second-order valence-corrected chi connectivity index (χ2v) is 6.59. The molecule has 0 radical (unpaired) electrons. The second-order valence-electron chi connectivity index (χ2n) is 6.59. The zero-order valence-electron chi connectivity index (χ0n) is 14.8. The minimum absolute atomic E-state index is 0.0555. The summed E-state index contributed by atoms with van der Waals surface area (Å²) in [6, 6.07) is 4.00. The van der Waals surface area contributed by atoms with Crippen LogP contribution in [0.2, 0.25) is 0 Å². The molecule has 142 valence electrons. The van der Waals surface area contributed by atoms with E-state index in [0.717, 1.165) is 0 Å². The van der Waals surface area contributed by atoms with Gasteiger partial charge < -0.3 is 24.7 Å². The van der Waals surface area contributed by atoms with E-state index < -0.39 is 35.7 Å². The molecule has 2 aliphatic rings. The summed E-state index contributed by atoms with van der Waals surface area (Å²) in [5.41, 5.74) is 0.284. The molecule has 1 aromatic rings. The molecule has 0 aliphatic heterocycles. The Morgan fingerprint density at radius 3 is 1.93 bits per heavy atom. The zero-order chi connectivity index (χ0) is 19.7. The summed E-state index contributed by atoms with van der Waals surface area (Å²) in [5.74, 6) is -5.20. The van der Waals surface area contributed by atoms with Crippen LogP contribution in [-0.4, -0.2) is 38.0 Å². The maximum absolute atomic E-state index is 12.8. The average molecular weight is 372 g/mol. The molecule has 1 amide bonds. The number of anilines is 1. The summed E-state index contributed by atoms with van der Waals surface area (Å²) in [5, 5.41) is 14.1. The molecule has 0 heterocycles. The van der Waals surface area contributed by atoms with E-state index in [1.807, 2.05) is 12.2 Å². The number of benzene rings is 1. The SMILES string of the molecule is COC(=O)c1cc(NC(=O)[C@@H]2[C@@H](C(=O)[O-])[C@H]3C=C[C@H]2C3)cc(C(=O)OC)c1. The molecule has 0 saturated heterocycles. The number of esters is 2. The van der Waals surface area contributed by atoms with Gasteiger partial charge in [0.2, 0.25) is 5.91 Å². The number of methoxy groups -OCH3 is 2. The van der Waals surface area contributed by atoms with Gasteiger partial charge in [-0.1, -0.05) is 12.2 Å². The third-order valence-corrected chi connectivity index (χ3v) is 5.08. The van der Waals surface area contributed by atoms with Crippen LogP contribution in [0.25, 0.3) is 0 Å². The zero-order valence-corrected chi connectivity index (χ0v) is 14.8. The van der Waals surface area contributed by atoms with Crippen molar-refractivity contribution in [3.8, 4) is 0 Å². The first kappa shape index (κ1) is 18.6. The van der Waals surface area contributed by atoms with E-state index in [1.165, 1.54) is 32.4 Å². The lowest BCUT2D eigenvalue weighted by Crippen LogP contribution is -2.42. The Kier molecular flexibility index (Phi) is 4.98. The van der Waals surface area contributed by atoms with Gasteiger partial charge in [0, 0.05) is 17.6 Å². The molecule has 27 heavy (non-hydrogen) atoms. The fourth-order valence-corrected chi connectivity index (χ4v) is 3.90. The van der Waals surface area contributed by atoms with Crippen molar-refractivity contribution in [3.05, 3.63) is 41.5 Å². The lowest BCUT2D eigenvalue weighted by atomic mass is 9.82. The van der Waals surface area contributed by atoms with Gasteiger partial charge in [0.25, 0.3) is 0 Å². The predicted octanol–water partition coefficient (Wildman–Crippen LogP) is 0.386. The van der Waals surface area contributed by atoms with E-state index >= 15 is 0 Å². The molecule has 2 bridgehead atoms. The number of ether oxygens (including phenoxy) is 2. The molecule has 3 rings (SSSR count). The number of amides is 1. The summed E-state index contributed by atoms with van der Waals surface area (Å²) in [6.45, 7) is 0. The number of nitrogens with one attached hydrogen (secondary N) is 1. The van der Waals surface area contributed by atoms with Gasteiger partial charge >= 0.3 is 11.9 Å². The summed E-state index contributed by atoms with van der Waals surface area (Å²) in [7, 11) is 2.38. The van der Waals surface area contributed by atoms with Crippen molar-refractivity contribution in [1.82, 2.24) is 0 Å². The average Bonchev–Trinajstić information content (AvgIpc) is 3.27. The molecule has 4 atom stereocenters. The standard InChI is InChI=1S/C19H19NO7/c1-26-18(24)11-6-12(19(25)27-2)8-13(7-11)20-16(21)14-9-3-4-10(5-9)15(14)17(22)23/h3-4,6-10,14-15H,5H2,1-2H3,(H,20,21)(H,22,23)/p-1/t9-,10-,14-,15-/m0/s1. The first-order chi connectivity index (χ1) is 12.8. The maximum atomic E-state index is 12.8. The lowest BCUT2D eigenvalue weighted by molar-refractivity contribution is -0.313. The Balaban J connectivity index is 1.89. The van der Waals surface area contributed by atoms with Gasteiger partial charge in [0.1, 0.15) is 0 Å². The molecule has 1 aromatic carbocycles. The largest absolute Gasteiger partial charge is 0.550 e. The number of carbonyl (C=O) groups excluding carboxylic acids is 4. The van der Waals surface area contributed by atoms with Crippen LogP contribution in [0.5, 0.6) is 0 Å². The van der Waals surface area contributed by atoms with E-state index in [1.54, 1.807) is 0 Å². The first-order valence-electron chi connectivity index (χ1n) is 8.37. The minimum atomic E-state index is -1.26. The third-order valence-electron chi connectivity index (χ3n) is 5.08. The highest BCUT2D eigenvalue weighted by atomic mass is 16.5. The molecule has 1 saturated carbocycles. The number of hydrogen-bond acceptors (Lipinski definition) is 7. The monoisotopic (exact) mass is 372 g/mol. The number of carbonyl (C=O) groups is 4. The van der Waals surface area contributed by atoms with E-state index in [9.17, 15) is 24.3 Å². The van der Waals surface area contributed by atoms with Gasteiger partial charge in [-0.3, -0.25) is 4.79 Å². The Bertz CT molecular complexity index is 810. The second kappa shape index (κ2) is 7.22. The van der Waals surface area contributed by atoms with E-state index in [0.29, 0.717) is 6.42 Å². The van der Waals surface area contributed by atoms with Crippen LogP contribution < -0.4 is 10.4 Å². The minimum Gasteiger partial charge on any atom is -0.550 e. The lowest BCUT2D eigenvalue weighted by Gasteiger charge is -2.27. The van der Waals surface area contributed by atoms with Crippen molar-refractivity contribution < 1.29 is 33.8 Å². The Morgan fingerprint density at radius 1 is 0.926 bits per heavy atom. The number of hydrogen-bond donors (Lipinski definition) is 1. The fraction of sp³-hybridized carbons (Fsp3) is 0.368. The first-order valence-corrected chi connectivity index (χ1v) is 8.37. The van der Waals surface area contributed by atoms with E-state index in [4.69, 9.17) is 0 Å². The number of carboxylic acid groups (broad SMARTS) is 1. The van der Waals surface area contributed by atoms with Crippen LogP contribution in [0, 0.1) is 23.7 Å². The van der Waals surface area contributed by atoms with Crippen LogP contribution in [0.1, 0.15) is 27.1 Å². The molecule has 2 aliphatic carbocycles. The van der Waals surface area contributed by atoms with Crippen LogP contribution in [0.15, 0.2) is 30.4 Å². The fourth-order valence-electron chi connectivity index (χ4n) is 3.90. The van der Waals surface area contributed by atoms with Gasteiger partial charge in [0.05, 0.1) is 31.3 Å². The van der Waals surface area contributed by atoms with Crippen LogP contribution in [0.4, 0.5) is 5.69 Å². The molecular weight excluding hydrogens is 354 g/mol. The Morgan fingerprint density at radius 2 is 1.44 bits per heavy atom. The molecule has 1 fully saturated rings. The van der Waals surface area contributed by atoms with Gasteiger partial charge in [-0.2, -0.15) is 0 Å². The Labute approximate surface area is 155 Å². The number of carboxylic acids is 1. The topological polar surface area (TPSA) is 122 Å². The summed E-state index contributed by atoms with van der Waals surface area (Å²) >= 11 is 0. The molecule has 8 nitrogen and oxygen atoms in total. The highest BCUT2D eigenvalue weighted by molar-refractivity contribution is 6.01. The van der Waals surface area contributed by atoms with Crippen molar-refractivity contribution in [2.45, 2.75) is 6.42 Å². The number of rotatable bonds is 5. The molecule has 0 spiro atoms. The van der Waals surface area contributed by atoms with Gasteiger partial charge in [-0.15, -0.1) is 0 Å². The van der Waals surface area contributed by atoms with Crippen LogP contribution in [0.3, 0.4) is 0 Å². The smallest absolute Gasteiger partial charge is 0.337 e. The van der Waals surface area contributed by atoms with Gasteiger partial charge in [0.15, 0.2) is 0 Å². The van der Waals surface area contributed by atoms with Crippen LogP contribution in [-0.2, 0) is 19.1 Å². The van der Waals surface area contributed by atoms with Crippen molar-refractivity contribution in [2.75, 3.05) is 19.5 Å². The predicted molar refractivity (Wildman–Crippen MR) is 90.5 cm³/mol. The van der Waals surface area contributed by atoms with Crippen molar-refractivity contribution in [1.29, 1.82) is 0 Å². The normalized spacial score (nSPS) is 25.1. The third kappa shape index (κ3) is 3.42. The summed E-state index contributed by atoms with van der Waals surface area (Å²) in [4.78, 5) is 47.9. The van der Waals surface area contributed by atoms with Crippen LogP contribution >= 0.6 is 0 Å². The molecule has 8 heteroatoms. The maximum Gasteiger partial charge on any atom is 0.337 e. The summed E-state index contributed by atoms with van der Waals surface area (Å²) in [6.07, 6.45) is 4.24. The van der Waals surface area contributed by atoms with Gasteiger partial charge in [-0.25, -0.2) is 9.59 Å². The summed E-state index contributed by atoms with van der Waals surface area (Å²) < 4.78 is 9.31. The van der Waals surface area contributed by atoms with Crippen molar-refractivity contribution in [2.24, 2.45) is 23.7 Å². The van der Waals surface area contributed by atoms with Crippen molar-refractivity contribution >= 4 is 29.5 Å². The molecule has 0 aromatic heterocycles.